The standard InChI is InChI=1S/C27H34ClN5OS/c1-21(14-15-22-10-6-4-7-11-22)29-26(34)20-35-27-30-24(28)18-25(31-27)33(17-16-32(2)3)19-23-12-8-5-9-13-23/h4-13,18,21H,14-17,19-20H2,1-3H3,(H,29,34). The van der Waals surface area contributed by atoms with Crippen LogP contribution in [0, 0.1) is 0 Å². The van der Waals surface area contributed by atoms with Gasteiger partial charge in [-0.1, -0.05) is 84.0 Å². The van der Waals surface area contributed by atoms with Gasteiger partial charge in [-0.3, -0.25) is 4.79 Å². The summed E-state index contributed by atoms with van der Waals surface area (Å²) >= 11 is 7.66. The predicted molar refractivity (Wildman–Crippen MR) is 146 cm³/mol. The first kappa shape index (κ1) is 27.0. The van der Waals surface area contributed by atoms with Crippen LogP contribution in [0.1, 0.15) is 24.5 Å². The van der Waals surface area contributed by atoms with Crippen LogP contribution < -0.4 is 10.2 Å². The number of carbonyl (C=O) groups is 1. The van der Waals surface area contributed by atoms with E-state index in [2.05, 4.69) is 44.4 Å². The highest BCUT2D eigenvalue weighted by Gasteiger charge is 2.15. The van der Waals surface area contributed by atoms with E-state index in [0.29, 0.717) is 16.9 Å². The van der Waals surface area contributed by atoms with Crippen LogP contribution in [0.15, 0.2) is 71.9 Å². The molecule has 2 aromatic carbocycles. The van der Waals surface area contributed by atoms with E-state index in [0.717, 1.165) is 31.7 Å². The molecular weight excluding hydrogens is 478 g/mol. The average molecular weight is 512 g/mol. The molecule has 0 saturated heterocycles. The number of nitrogens with one attached hydrogen (secondary N) is 1. The number of benzene rings is 2. The van der Waals surface area contributed by atoms with E-state index in [1.54, 1.807) is 6.07 Å². The molecule has 35 heavy (non-hydrogen) atoms. The van der Waals surface area contributed by atoms with Gasteiger partial charge in [0.05, 0.1) is 5.75 Å². The average Bonchev–Trinajstić information content (AvgIpc) is 2.85. The van der Waals surface area contributed by atoms with Gasteiger partial charge in [0, 0.05) is 31.7 Å². The minimum atomic E-state index is -0.0329. The number of aryl methyl sites for hydroxylation is 1. The Morgan fingerprint density at radius 1 is 1.00 bits per heavy atom. The third kappa shape index (κ3) is 9.88. The third-order valence-electron chi connectivity index (χ3n) is 5.47. The van der Waals surface area contributed by atoms with Crippen LogP contribution in [0.3, 0.4) is 0 Å². The number of hydrogen-bond acceptors (Lipinski definition) is 6. The van der Waals surface area contributed by atoms with Crippen molar-refractivity contribution in [1.82, 2.24) is 20.2 Å². The molecule has 0 spiro atoms. The summed E-state index contributed by atoms with van der Waals surface area (Å²) in [5, 5.41) is 3.95. The number of anilines is 1. The quantitative estimate of drug-likeness (QED) is 0.199. The van der Waals surface area contributed by atoms with Gasteiger partial charge in [0.1, 0.15) is 11.0 Å². The largest absolute Gasteiger partial charge is 0.353 e. The number of likely N-dealkylation sites (N-methyl/N-ethyl adjacent to an activating group) is 1. The zero-order valence-corrected chi connectivity index (χ0v) is 22.2. The van der Waals surface area contributed by atoms with Crippen molar-refractivity contribution in [2.45, 2.75) is 37.5 Å². The molecule has 0 bridgehead atoms. The van der Waals surface area contributed by atoms with Gasteiger partial charge < -0.3 is 15.1 Å². The van der Waals surface area contributed by atoms with Crippen molar-refractivity contribution in [3.05, 3.63) is 83.0 Å². The van der Waals surface area contributed by atoms with Crippen molar-refractivity contribution >= 4 is 35.1 Å². The fraction of sp³-hybridized carbons (Fsp3) is 0.370. The van der Waals surface area contributed by atoms with E-state index < -0.39 is 0 Å². The van der Waals surface area contributed by atoms with Crippen LogP contribution in [0.25, 0.3) is 0 Å². The molecule has 0 aliphatic rings. The molecule has 8 heteroatoms. The number of rotatable bonds is 13. The Morgan fingerprint density at radius 3 is 2.31 bits per heavy atom. The van der Waals surface area contributed by atoms with Gasteiger partial charge in [-0.2, -0.15) is 0 Å². The summed E-state index contributed by atoms with van der Waals surface area (Å²) in [6.07, 6.45) is 1.82. The first-order valence-corrected chi connectivity index (χ1v) is 13.2. The molecule has 6 nitrogen and oxygen atoms in total. The number of hydrogen-bond donors (Lipinski definition) is 1. The molecule has 1 unspecified atom stereocenters. The monoisotopic (exact) mass is 511 g/mol. The molecule has 1 atom stereocenters. The third-order valence-corrected chi connectivity index (χ3v) is 6.51. The van der Waals surface area contributed by atoms with Crippen molar-refractivity contribution < 1.29 is 4.79 Å². The smallest absolute Gasteiger partial charge is 0.230 e. The number of amides is 1. The molecule has 0 aliphatic carbocycles. The maximum atomic E-state index is 12.5. The first-order chi connectivity index (χ1) is 16.9. The predicted octanol–water partition coefficient (Wildman–Crippen LogP) is 4.93. The number of nitrogens with zero attached hydrogens (tertiary/aromatic N) is 4. The lowest BCUT2D eigenvalue weighted by atomic mass is 10.1. The lowest BCUT2D eigenvalue weighted by Gasteiger charge is -2.26. The van der Waals surface area contributed by atoms with Gasteiger partial charge in [0.15, 0.2) is 5.16 Å². The van der Waals surface area contributed by atoms with Gasteiger partial charge >= 0.3 is 0 Å². The van der Waals surface area contributed by atoms with Gasteiger partial charge in [-0.25, -0.2) is 9.97 Å². The molecule has 1 heterocycles. The second-order valence-electron chi connectivity index (χ2n) is 8.82. The van der Waals surface area contributed by atoms with Crippen molar-refractivity contribution in [3.8, 4) is 0 Å². The maximum absolute atomic E-state index is 12.5. The van der Waals surface area contributed by atoms with E-state index >= 15 is 0 Å². The maximum Gasteiger partial charge on any atom is 0.230 e. The molecule has 0 saturated carbocycles. The molecule has 186 valence electrons. The number of aromatic nitrogens is 2. The summed E-state index contributed by atoms with van der Waals surface area (Å²) in [4.78, 5) is 25.9. The van der Waals surface area contributed by atoms with Gasteiger partial charge in [-0.05, 0) is 45.0 Å². The number of thioether (sulfide) groups is 1. The summed E-state index contributed by atoms with van der Waals surface area (Å²) in [6.45, 7) is 4.41. The van der Waals surface area contributed by atoms with E-state index in [-0.39, 0.29) is 17.7 Å². The number of halogens is 1. The van der Waals surface area contributed by atoms with Crippen LogP contribution >= 0.6 is 23.4 Å². The van der Waals surface area contributed by atoms with Crippen LogP contribution in [0.2, 0.25) is 5.15 Å². The fourth-order valence-corrected chi connectivity index (χ4v) is 4.45. The van der Waals surface area contributed by atoms with Crippen LogP contribution in [0.4, 0.5) is 5.82 Å². The fourth-order valence-electron chi connectivity index (χ4n) is 3.56. The van der Waals surface area contributed by atoms with Crippen LogP contribution in [-0.4, -0.2) is 59.8 Å². The zero-order valence-electron chi connectivity index (χ0n) is 20.7. The summed E-state index contributed by atoms with van der Waals surface area (Å²) < 4.78 is 0. The van der Waals surface area contributed by atoms with Gasteiger partial charge in [-0.15, -0.1) is 0 Å². The molecular formula is C27H34ClN5OS. The number of carbonyl (C=O) groups excluding carboxylic acids is 1. The van der Waals surface area contributed by atoms with Crippen LogP contribution in [-0.2, 0) is 17.8 Å². The van der Waals surface area contributed by atoms with E-state index in [1.165, 1.54) is 22.9 Å². The molecule has 3 aromatic rings. The Hall–Kier alpha value is -2.61. The molecule has 3 rings (SSSR count). The van der Waals surface area contributed by atoms with Crippen LogP contribution in [0.5, 0.6) is 0 Å². The molecule has 1 amide bonds. The van der Waals surface area contributed by atoms with Gasteiger partial charge in [0.25, 0.3) is 0 Å². The minimum Gasteiger partial charge on any atom is -0.353 e. The summed E-state index contributed by atoms with van der Waals surface area (Å²) in [6, 6.07) is 22.5. The summed E-state index contributed by atoms with van der Waals surface area (Å²) in [5.74, 6) is 0.968. The molecule has 0 radical (unpaired) electrons. The van der Waals surface area contributed by atoms with Crippen molar-refractivity contribution in [2.75, 3.05) is 37.8 Å². The SMILES string of the molecule is CC(CCc1ccccc1)NC(=O)CSc1nc(Cl)cc(N(CCN(C)C)Cc2ccccc2)n1. The topological polar surface area (TPSA) is 61.4 Å². The second kappa shape index (κ2) is 14.1. The lowest BCUT2D eigenvalue weighted by molar-refractivity contribution is -0.119. The Bertz CT molecular complexity index is 1050. The summed E-state index contributed by atoms with van der Waals surface area (Å²) in [7, 11) is 4.10. The van der Waals surface area contributed by atoms with Gasteiger partial charge in [0.2, 0.25) is 5.91 Å². The van der Waals surface area contributed by atoms with E-state index in [4.69, 9.17) is 16.6 Å². The van der Waals surface area contributed by atoms with E-state index in [9.17, 15) is 4.79 Å². The molecule has 1 N–H and O–H groups in total. The highest BCUT2D eigenvalue weighted by molar-refractivity contribution is 7.99. The normalized spacial score (nSPS) is 11.9. The molecule has 0 aliphatic heterocycles. The van der Waals surface area contributed by atoms with Crippen molar-refractivity contribution in [2.24, 2.45) is 0 Å². The second-order valence-corrected chi connectivity index (χ2v) is 10.2. The van der Waals surface area contributed by atoms with Crippen molar-refractivity contribution in [3.63, 3.8) is 0 Å². The van der Waals surface area contributed by atoms with E-state index in [1.807, 2.05) is 57.4 Å². The molecule has 0 fully saturated rings. The highest BCUT2D eigenvalue weighted by Crippen LogP contribution is 2.23. The zero-order chi connectivity index (χ0) is 25.0. The first-order valence-electron chi connectivity index (χ1n) is 11.8. The summed E-state index contributed by atoms with van der Waals surface area (Å²) in [5.41, 5.74) is 2.47. The minimum absolute atomic E-state index is 0.0329. The Labute approximate surface area is 218 Å². The Kier molecular flexibility index (Phi) is 10.8. The lowest BCUT2D eigenvalue weighted by Crippen LogP contribution is -2.34. The highest BCUT2D eigenvalue weighted by atomic mass is 35.5. The Balaban J connectivity index is 1.58. The molecule has 1 aromatic heterocycles. The Morgan fingerprint density at radius 2 is 1.66 bits per heavy atom. The van der Waals surface area contributed by atoms with Crippen molar-refractivity contribution in [1.29, 1.82) is 0 Å².